The molecule has 1 aromatic carbocycles. The molecule has 0 unspecified atom stereocenters. The van der Waals surface area contributed by atoms with Crippen LogP contribution in [0, 0.1) is 26.7 Å². The maximum atomic E-state index is 12.7. The minimum atomic E-state index is 0.294. The van der Waals surface area contributed by atoms with Gasteiger partial charge in [0.2, 0.25) is 0 Å². The van der Waals surface area contributed by atoms with E-state index < -0.39 is 0 Å². The molecule has 0 saturated heterocycles. The lowest BCUT2D eigenvalue weighted by molar-refractivity contribution is 0.0961. The highest BCUT2D eigenvalue weighted by Crippen LogP contribution is 2.31. The monoisotopic (exact) mass is 329 g/mol. The van der Waals surface area contributed by atoms with Crippen LogP contribution in [-0.2, 0) is 0 Å². The third-order valence-electron chi connectivity index (χ3n) is 5.08. The molecule has 1 fully saturated rings. The number of Topliss-reactive ketones (excluding diaryl/α,β-unsaturated/α-hetero) is 1. The van der Waals surface area contributed by atoms with Crippen molar-refractivity contribution in [1.29, 1.82) is 0 Å². The number of aromatic nitrogens is 1. The van der Waals surface area contributed by atoms with Crippen LogP contribution < -0.4 is 0 Å². The Bertz CT molecular complexity index is 738. The molecule has 1 aromatic heterocycles. The van der Waals surface area contributed by atoms with Crippen LogP contribution in [0.25, 0.3) is 5.69 Å². The standard InChI is InChI=1S/C20H24ClNO/c1-13-10-17(21)8-9-19(13)22-14(2)11-18(15(22)3)20(23)12-16-6-4-5-7-16/h8-11,16H,4-7,12H2,1-3H3. The zero-order chi connectivity index (χ0) is 16.6. The van der Waals surface area contributed by atoms with Crippen LogP contribution >= 0.6 is 11.6 Å². The summed E-state index contributed by atoms with van der Waals surface area (Å²) in [7, 11) is 0. The number of carbonyl (C=O) groups is 1. The Hall–Kier alpha value is -1.54. The average molecular weight is 330 g/mol. The topological polar surface area (TPSA) is 22.0 Å². The lowest BCUT2D eigenvalue weighted by Crippen LogP contribution is -2.08. The molecule has 0 spiro atoms. The molecule has 1 aliphatic carbocycles. The van der Waals surface area contributed by atoms with Crippen LogP contribution in [0.5, 0.6) is 0 Å². The van der Waals surface area contributed by atoms with Gasteiger partial charge in [0.15, 0.2) is 5.78 Å². The number of hydrogen-bond acceptors (Lipinski definition) is 1. The predicted octanol–water partition coefficient (Wildman–Crippen LogP) is 5.82. The third kappa shape index (κ3) is 3.23. The van der Waals surface area contributed by atoms with Gasteiger partial charge in [0.05, 0.1) is 0 Å². The fraction of sp³-hybridized carbons (Fsp3) is 0.450. The summed E-state index contributed by atoms with van der Waals surface area (Å²) < 4.78 is 2.17. The molecular formula is C20H24ClNO. The summed E-state index contributed by atoms with van der Waals surface area (Å²) in [6.45, 7) is 6.16. The molecular weight excluding hydrogens is 306 g/mol. The minimum Gasteiger partial charge on any atom is -0.317 e. The first-order valence-electron chi connectivity index (χ1n) is 8.46. The molecule has 0 aliphatic heterocycles. The number of aryl methyl sites for hydroxylation is 2. The van der Waals surface area contributed by atoms with Crippen molar-refractivity contribution >= 4 is 17.4 Å². The van der Waals surface area contributed by atoms with Crippen molar-refractivity contribution in [3.05, 3.63) is 51.8 Å². The summed E-state index contributed by atoms with van der Waals surface area (Å²) in [4.78, 5) is 12.7. The van der Waals surface area contributed by atoms with E-state index in [1.165, 1.54) is 25.7 Å². The van der Waals surface area contributed by atoms with E-state index in [0.717, 1.165) is 33.2 Å². The van der Waals surface area contributed by atoms with E-state index in [2.05, 4.69) is 18.4 Å². The van der Waals surface area contributed by atoms with E-state index in [-0.39, 0.29) is 0 Å². The normalized spacial score (nSPS) is 15.3. The van der Waals surface area contributed by atoms with E-state index in [4.69, 9.17) is 11.6 Å². The summed E-state index contributed by atoms with van der Waals surface area (Å²) in [5, 5.41) is 0.742. The van der Waals surface area contributed by atoms with E-state index in [9.17, 15) is 4.79 Å². The number of rotatable bonds is 4. The Morgan fingerprint density at radius 3 is 2.52 bits per heavy atom. The molecule has 3 rings (SSSR count). The Balaban J connectivity index is 1.94. The molecule has 0 N–H and O–H groups in total. The zero-order valence-electron chi connectivity index (χ0n) is 14.2. The van der Waals surface area contributed by atoms with Gasteiger partial charge >= 0.3 is 0 Å². The Morgan fingerprint density at radius 1 is 1.17 bits per heavy atom. The highest BCUT2D eigenvalue weighted by Gasteiger charge is 2.22. The van der Waals surface area contributed by atoms with Crippen LogP contribution in [0.4, 0.5) is 0 Å². The molecule has 122 valence electrons. The van der Waals surface area contributed by atoms with Gasteiger partial charge in [0.1, 0.15) is 0 Å². The highest BCUT2D eigenvalue weighted by molar-refractivity contribution is 6.30. The predicted molar refractivity (Wildman–Crippen MR) is 95.9 cm³/mol. The van der Waals surface area contributed by atoms with Gasteiger partial charge in [0, 0.05) is 34.1 Å². The van der Waals surface area contributed by atoms with Crippen molar-refractivity contribution in [3.8, 4) is 5.69 Å². The molecule has 0 atom stereocenters. The maximum absolute atomic E-state index is 12.7. The van der Waals surface area contributed by atoms with Gasteiger partial charge in [-0.2, -0.15) is 0 Å². The average Bonchev–Trinajstić information content (AvgIpc) is 3.09. The molecule has 2 aromatic rings. The van der Waals surface area contributed by atoms with E-state index in [1.54, 1.807) is 0 Å². The number of hydrogen-bond donors (Lipinski definition) is 0. The van der Waals surface area contributed by atoms with Crippen LogP contribution in [0.15, 0.2) is 24.3 Å². The Kier molecular flexibility index (Phi) is 4.63. The summed E-state index contributed by atoms with van der Waals surface area (Å²) in [5.41, 5.74) is 5.24. The molecule has 0 amide bonds. The summed E-state index contributed by atoms with van der Waals surface area (Å²) in [6, 6.07) is 7.95. The van der Waals surface area contributed by atoms with Crippen molar-refractivity contribution < 1.29 is 4.79 Å². The van der Waals surface area contributed by atoms with Gasteiger partial charge in [-0.3, -0.25) is 4.79 Å². The smallest absolute Gasteiger partial charge is 0.164 e. The number of benzene rings is 1. The second-order valence-electron chi connectivity index (χ2n) is 6.83. The molecule has 1 aliphatic rings. The second-order valence-corrected chi connectivity index (χ2v) is 7.27. The first kappa shape index (κ1) is 16.3. The second kappa shape index (κ2) is 6.52. The van der Waals surface area contributed by atoms with Crippen molar-refractivity contribution in [3.63, 3.8) is 0 Å². The first-order valence-corrected chi connectivity index (χ1v) is 8.84. The highest BCUT2D eigenvalue weighted by atomic mass is 35.5. The molecule has 1 heterocycles. The maximum Gasteiger partial charge on any atom is 0.164 e. The Morgan fingerprint density at radius 2 is 1.87 bits per heavy atom. The van der Waals surface area contributed by atoms with E-state index in [1.807, 2.05) is 31.2 Å². The quantitative estimate of drug-likeness (QED) is 0.648. The van der Waals surface area contributed by atoms with Crippen LogP contribution in [0.2, 0.25) is 5.02 Å². The summed E-state index contributed by atoms with van der Waals surface area (Å²) in [5.74, 6) is 0.880. The number of ketones is 1. The lowest BCUT2D eigenvalue weighted by Gasteiger charge is -2.13. The summed E-state index contributed by atoms with van der Waals surface area (Å²) in [6.07, 6.45) is 5.67. The van der Waals surface area contributed by atoms with Gasteiger partial charge in [-0.15, -0.1) is 0 Å². The molecule has 2 nitrogen and oxygen atoms in total. The van der Waals surface area contributed by atoms with Crippen LogP contribution in [0.1, 0.15) is 59.4 Å². The summed E-state index contributed by atoms with van der Waals surface area (Å²) >= 11 is 6.07. The Labute approximate surface area is 143 Å². The molecule has 3 heteroatoms. The lowest BCUT2D eigenvalue weighted by atomic mass is 9.97. The fourth-order valence-electron chi connectivity index (χ4n) is 3.87. The molecule has 0 radical (unpaired) electrons. The van der Waals surface area contributed by atoms with Gasteiger partial charge < -0.3 is 4.57 Å². The van der Waals surface area contributed by atoms with Crippen LogP contribution in [-0.4, -0.2) is 10.4 Å². The largest absolute Gasteiger partial charge is 0.317 e. The number of nitrogens with zero attached hydrogens (tertiary/aromatic N) is 1. The van der Waals surface area contributed by atoms with E-state index in [0.29, 0.717) is 18.1 Å². The van der Waals surface area contributed by atoms with Crippen molar-refractivity contribution in [1.82, 2.24) is 4.57 Å². The van der Waals surface area contributed by atoms with Gasteiger partial charge in [-0.1, -0.05) is 37.3 Å². The van der Waals surface area contributed by atoms with Crippen molar-refractivity contribution in [2.24, 2.45) is 5.92 Å². The van der Waals surface area contributed by atoms with Crippen molar-refractivity contribution in [2.45, 2.75) is 52.9 Å². The zero-order valence-corrected chi connectivity index (χ0v) is 14.9. The van der Waals surface area contributed by atoms with Gasteiger partial charge in [-0.25, -0.2) is 0 Å². The number of carbonyl (C=O) groups excluding carboxylic acids is 1. The first-order chi connectivity index (χ1) is 11.0. The van der Waals surface area contributed by atoms with Crippen LogP contribution in [0.3, 0.4) is 0 Å². The molecule has 1 saturated carbocycles. The van der Waals surface area contributed by atoms with Gasteiger partial charge in [0.25, 0.3) is 0 Å². The minimum absolute atomic E-state index is 0.294. The van der Waals surface area contributed by atoms with Gasteiger partial charge in [-0.05, 0) is 56.5 Å². The SMILES string of the molecule is Cc1cc(Cl)ccc1-n1c(C)cc(C(=O)CC2CCCC2)c1C. The fourth-order valence-corrected chi connectivity index (χ4v) is 4.10. The van der Waals surface area contributed by atoms with E-state index >= 15 is 0 Å². The third-order valence-corrected chi connectivity index (χ3v) is 5.32. The van der Waals surface area contributed by atoms with Crippen molar-refractivity contribution in [2.75, 3.05) is 0 Å². The molecule has 23 heavy (non-hydrogen) atoms. The molecule has 0 bridgehead atoms. The number of halogens is 1.